The van der Waals surface area contributed by atoms with E-state index in [0.29, 0.717) is 41.0 Å². The molecule has 1 aliphatic heterocycles. The first kappa shape index (κ1) is 24.0. The first-order valence-electron chi connectivity index (χ1n) is 11.5. The van der Waals surface area contributed by atoms with E-state index < -0.39 is 5.92 Å². The molecular formula is C27H29Cl2NO3. The second kappa shape index (κ2) is 9.60. The average Bonchev–Trinajstić information content (AvgIpc) is 3.01. The lowest BCUT2D eigenvalue weighted by Gasteiger charge is -2.33. The van der Waals surface area contributed by atoms with Crippen LogP contribution in [0.3, 0.4) is 0 Å². The number of benzene rings is 2. The minimum atomic E-state index is -0.621. The van der Waals surface area contributed by atoms with Gasteiger partial charge in [0.25, 0.3) is 5.91 Å². The molecule has 2 atom stereocenters. The summed E-state index contributed by atoms with van der Waals surface area (Å²) in [6.45, 7) is 7.25. The Balaban J connectivity index is 1.39. The highest BCUT2D eigenvalue weighted by molar-refractivity contribution is 6.36. The van der Waals surface area contributed by atoms with Crippen LogP contribution in [0.4, 0.5) is 0 Å². The molecule has 1 heterocycles. The zero-order valence-electron chi connectivity index (χ0n) is 19.3. The predicted octanol–water partition coefficient (Wildman–Crippen LogP) is 6.10. The number of carbonyl (C=O) groups excluding carboxylic acids is 3. The first-order chi connectivity index (χ1) is 15.7. The minimum absolute atomic E-state index is 0.0463. The van der Waals surface area contributed by atoms with Crippen LogP contribution in [0.15, 0.2) is 30.3 Å². The fourth-order valence-corrected chi connectivity index (χ4v) is 6.10. The number of rotatable bonds is 4. The largest absolute Gasteiger partial charge is 0.339 e. The van der Waals surface area contributed by atoms with Crippen molar-refractivity contribution >= 4 is 40.7 Å². The molecule has 33 heavy (non-hydrogen) atoms. The van der Waals surface area contributed by atoms with Crippen LogP contribution in [0.5, 0.6) is 0 Å². The highest BCUT2D eigenvalue weighted by atomic mass is 35.5. The van der Waals surface area contributed by atoms with Crippen LogP contribution < -0.4 is 0 Å². The van der Waals surface area contributed by atoms with Crippen LogP contribution in [0.2, 0.25) is 10.0 Å². The normalized spacial score (nSPS) is 21.7. The standard InChI is InChI=1S/C27H29Cl2NO3/c1-15-10-16(2)24(17(3)11-15)25-23(31)13-19(26(25)32)12-18-6-8-30(9-7-18)27(33)21-5-4-20(28)14-22(21)29/h4-5,10-11,14,18-19,25H,6-9,12-13H2,1-3H3. The van der Waals surface area contributed by atoms with Gasteiger partial charge >= 0.3 is 0 Å². The molecule has 0 N–H and O–H groups in total. The second-order valence-electron chi connectivity index (χ2n) is 9.61. The van der Waals surface area contributed by atoms with Crippen molar-refractivity contribution in [3.8, 4) is 0 Å². The van der Waals surface area contributed by atoms with Gasteiger partial charge in [0, 0.05) is 30.5 Å². The van der Waals surface area contributed by atoms with E-state index in [1.807, 2.05) is 25.7 Å². The van der Waals surface area contributed by atoms with Gasteiger partial charge in [-0.25, -0.2) is 0 Å². The van der Waals surface area contributed by atoms with Crippen molar-refractivity contribution < 1.29 is 14.4 Å². The summed E-state index contributed by atoms with van der Waals surface area (Å²) in [5, 5.41) is 0.859. The maximum atomic E-state index is 13.3. The highest BCUT2D eigenvalue weighted by Crippen LogP contribution is 2.40. The van der Waals surface area contributed by atoms with Gasteiger partial charge in [-0.1, -0.05) is 40.9 Å². The average molecular weight is 486 g/mol. The second-order valence-corrected chi connectivity index (χ2v) is 10.5. The molecule has 0 radical (unpaired) electrons. The molecule has 1 aliphatic carbocycles. The number of likely N-dealkylation sites (tertiary alicyclic amines) is 1. The van der Waals surface area contributed by atoms with E-state index in [0.717, 1.165) is 41.5 Å². The monoisotopic (exact) mass is 485 g/mol. The molecular weight excluding hydrogens is 457 g/mol. The zero-order valence-corrected chi connectivity index (χ0v) is 20.8. The fourth-order valence-electron chi connectivity index (χ4n) is 5.61. The number of Topliss-reactive ketones (excluding diaryl/α,β-unsaturated/α-hetero) is 2. The van der Waals surface area contributed by atoms with Gasteiger partial charge in [-0.3, -0.25) is 14.4 Å². The number of carbonyl (C=O) groups is 3. The van der Waals surface area contributed by atoms with Gasteiger partial charge in [0.2, 0.25) is 0 Å². The Morgan fingerprint density at radius 2 is 1.64 bits per heavy atom. The topological polar surface area (TPSA) is 54.5 Å². The van der Waals surface area contributed by atoms with Crippen molar-refractivity contribution in [2.45, 2.75) is 52.4 Å². The van der Waals surface area contributed by atoms with Crippen molar-refractivity contribution in [2.24, 2.45) is 11.8 Å². The van der Waals surface area contributed by atoms with Crippen molar-refractivity contribution in [3.05, 3.63) is 68.2 Å². The third-order valence-corrected chi connectivity index (χ3v) is 7.71. The van der Waals surface area contributed by atoms with Gasteiger partial charge in [0.05, 0.1) is 10.6 Å². The fraction of sp³-hybridized carbons (Fsp3) is 0.444. The zero-order chi connectivity index (χ0) is 23.9. The van der Waals surface area contributed by atoms with Crippen LogP contribution in [-0.4, -0.2) is 35.5 Å². The van der Waals surface area contributed by atoms with Crippen LogP contribution in [0.1, 0.15) is 64.2 Å². The summed E-state index contributed by atoms with van der Waals surface area (Å²) in [5.41, 5.74) is 4.55. The number of piperidine rings is 1. The molecule has 2 fully saturated rings. The third kappa shape index (κ3) is 4.88. The number of nitrogens with zero attached hydrogens (tertiary/aromatic N) is 1. The van der Waals surface area contributed by atoms with Crippen molar-refractivity contribution in [2.75, 3.05) is 13.1 Å². The lowest BCUT2D eigenvalue weighted by molar-refractivity contribution is -0.125. The summed E-state index contributed by atoms with van der Waals surface area (Å²) in [5.74, 6) is -0.487. The van der Waals surface area contributed by atoms with Crippen LogP contribution >= 0.6 is 23.2 Å². The molecule has 1 amide bonds. The molecule has 1 saturated heterocycles. The smallest absolute Gasteiger partial charge is 0.255 e. The summed E-state index contributed by atoms with van der Waals surface area (Å²) in [6, 6.07) is 9.02. The number of aryl methyl sites for hydroxylation is 3. The number of halogens is 2. The van der Waals surface area contributed by atoms with Gasteiger partial charge < -0.3 is 4.90 Å². The lowest BCUT2D eigenvalue weighted by Crippen LogP contribution is -2.39. The molecule has 2 aromatic carbocycles. The van der Waals surface area contributed by atoms with Crippen LogP contribution in [-0.2, 0) is 9.59 Å². The van der Waals surface area contributed by atoms with Crippen molar-refractivity contribution in [1.82, 2.24) is 4.90 Å². The SMILES string of the molecule is Cc1cc(C)c(C2C(=O)CC(CC3CCN(C(=O)c4ccc(Cl)cc4Cl)CC3)C2=O)c(C)c1. The number of hydrogen-bond donors (Lipinski definition) is 0. The van der Waals surface area contributed by atoms with Gasteiger partial charge in [-0.2, -0.15) is 0 Å². The Bertz CT molecular complexity index is 1100. The maximum absolute atomic E-state index is 13.3. The summed E-state index contributed by atoms with van der Waals surface area (Å²) >= 11 is 12.2. The van der Waals surface area contributed by atoms with Gasteiger partial charge in [-0.05, 0) is 80.8 Å². The molecule has 1 saturated carbocycles. The van der Waals surface area contributed by atoms with Gasteiger partial charge in [0.15, 0.2) is 5.78 Å². The Kier molecular flexibility index (Phi) is 6.97. The molecule has 6 heteroatoms. The molecule has 4 rings (SSSR count). The van der Waals surface area contributed by atoms with E-state index >= 15 is 0 Å². The van der Waals surface area contributed by atoms with E-state index in [1.165, 1.54) is 0 Å². The van der Waals surface area contributed by atoms with Crippen LogP contribution in [0, 0.1) is 32.6 Å². The molecule has 2 aromatic rings. The van der Waals surface area contributed by atoms with E-state index in [2.05, 4.69) is 12.1 Å². The third-order valence-electron chi connectivity index (χ3n) is 7.16. The molecule has 0 bridgehead atoms. The predicted molar refractivity (Wildman–Crippen MR) is 131 cm³/mol. The summed E-state index contributed by atoms with van der Waals surface area (Å²) in [4.78, 5) is 40.9. The quantitative estimate of drug-likeness (QED) is 0.491. The maximum Gasteiger partial charge on any atom is 0.255 e. The lowest BCUT2D eigenvalue weighted by atomic mass is 9.83. The molecule has 4 nitrogen and oxygen atoms in total. The molecule has 2 unspecified atom stereocenters. The number of amides is 1. The van der Waals surface area contributed by atoms with E-state index in [9.17, 15) is 14.4 Å². The molecule has 2 aliphatic rings. The van der Waals surface area contributed by atoms with Gasteiger partial charge in [0.1, 0.15) is 11.7 Å². The van der Waals surface area contributed by atoms with Gasteiger partial charge in [-0.15, -0.1) is 0 Å². The Labute approximate surface area is 205 Å². The van der Waals surface area contributed by atoms with E-state index in [4.69, 9.17) is 23.2 Å². The summed E-state index contributed by atoms with van der Waals surface area (Å²) in [7, 11) is 0. The Hall–Kier alpha value is -2.17. The summed E-state index contributed by atoms with van der Waals surface area (Å²) in [6.07, 6.45) is 2.69. The molecule has 0 spiro atoms. The number of hydrogen-bond acceptors (Lipinski definition) is 3. The van der Waals surface area contributed by atoms with E-state index in [1.54, 1.807) is 18.2 Å². The van der Waals surface area contributed by atoms with Crippen molar-refractivity contribution in [3.63, 3.8) is 0 Å². The Morgan fingerprint density at radius 3 is 2.24 bits per heavy atom. The molecule has 0 aromatic heterocycles. The van der Waals surface area contributed by atoms with Crippen LogP contribution in [0.25, 0.3) is 0 Å². The van der Waals surface area contributed by atoms with Crippen molar-refractivity contribution in [1.29, 1.82) is 0 Å². The number of ketones is 2. The Morgan fingerprint density at radius 1 is 1.00 bits per heavy atom. The van der Waals surface area contributed by atoms with E-state index in [-0.39, 0.29) is 23.4 Å². The minimum Gasteiger partial charge on any atom is -0.339 e. The highest BCUT2D eigenvalue weighted by Gasteiger charge is 2.44. The molecule has 174 valence electrons. The first-order valence-corrected chi connectivity index (χ1v) is 12.3. The summed E-state index contributed by atoms with van der Waals surface area (Å²) < 4.78 is 0.